The number of carbonyl (C=O) groups excluding carboxylic acids is 2. The summed E-state index contributed by atoms with van der Waals surface area (Å²) in [6.45, 7) is 2.01. The van der Waals surface area contributed by atoms with Crippen molar-refractivity contribution in [3.63, 3.8) is 0 Å². The van der Waals surface area contributed by atoms with Gasteiger partial charge in [0.25, 0.3) is 0 Å². The summed E-state index contributed by atoms with van der Waals surface area (Å²) in [6.07, 6.45) is 6.41. The van der Waals surface area contributed by atoms with Gasteiger partial charge in [-0.3, -0.25) is 9.78 Å². The first-order chi connectivity index (χ1) is 14.1. The molecule has 7 nitrogen and oxygen atoms in total. The second kappa shape index (κ2) is 12.3. The van der Waals surface area contributed by atoms with Crippen LogP contribution in [0.4, 0.5) is 0 Å². The van der Waals surface area contributed by atoms with E-state index in [-0.39, 0.29) is 12.5 Å². The summed E-state index contributed by atoms with van der Waals surface area (Å²) in [5.41, 5.74) is 2.88. The van der Waals surface area contributed by atoms with Crippen molar-refractivity contribution < 1.29 is 14.3 Å². The van der Waals surface area contributed by atoms with Gasteiger partial charge < -0.3 is 15.9 Å². The highest BCUT2D eigenvalue weighted by molar-refractivity contribution is 5.84. The van der Waals surface area contributed by atoms with Crippen LogP contribution in [0, 0.1) is 0 Å². The van der Waals surface area contributed by atoms with E-state index in [1.165, 1.54) is 5.56 Å². The Morgan fingerprint density at radius 1 is 1.21 bits per heavy atom. The van der Waals surface area contributed by atoms with Gasteiger partial charge in [0.15, 0.2) is 0 Å². The normalized spacial score (nSPS) is 11.9. The molecular formula is C22H28N4O3. The standard InChI is InChI=1S/C22H28N4O3/c1-2-29-22(28)20(15-19-8-5-6-14-24-19)26-21(27)9-4-3-7-17-10-12-18(13-11-17)16-25-23/h5-6,8,10-14,16,20H,2-4,7,9,15,23H2,1H3,(H,26,27). The molecule has 0 spiro atoms. The number of nitrogens with one attached hydrogen (secondary N) is 1. The zero-order valence-corrected chi connectivity index (χ0v) is 16.7. The number of hydrogen-bond acceptors (Lipinski definition) is 6. The highest BCUT2D eigenvalue weighted by Crippen LogP contribution is 2.09. The molecule has 1 aromatic heterocycles. The van der Waals surface area contributed by atoms with Crippen LogP contribution < -0.4 is 11.2 Å². The average Bonchev–Trinajstić information content (AvgIpc) is 2.73. The SMILES string of the molecule is CCOC(=O)C(Cc1ccccn1)NC(=O)CCCCc1ccc(C=NN)cc1. The molecule has 1 amide bonds. The van der Waals surface area contributed by atoms with Gasteiger partial charge in [0.05, 0.1) is 12.8 Å². The smallest absolute Gasteiger partial charge is 0.329 e. The molecule has 29 heavy (non-hydrogen) atoms. The fourth-order valence-electron chi connectivity index (χ4n) is 2.90. The average molecular weight is 396 g/mol. The Hall–Kier alpha value is -3.22. The number of hydrazone groups is 1. The number of amides is 1. The number of esters is 1. The summed E-state index contributed by atoms with van der Waals surface area (Å²) in [7, 11) is 0. The number of aryl methyl sites for hydroxylation is 1. The molecular weight excluding hydrogens is 368 g/mol. The number of aromatic nitrogens is 1. The van der Waals surface area contributed by atoms with E-state index in [1.807, 2.05) is 36.4 Å². The molecule has 0 aliphatic carbocycles. The Labute approximate surface area is 171 Å². The van der Waals surface area contributed by atoms with Gasteiger partial charge in [-0.2, -0.15) is 5.10 Å². The molecule has 1 aromatic carbocycles. The van der Waals surface area contributed by atoms with Gasteiger partial charge in [-0.1, -0.05) is 30.3 Å². The van der Waals surface area contributed by atoms with Gasteiger partial charge in [0, 0.05) is 24.7 Å². The third-order valence-corrected chi connectivity index (χ3v) is 4.37. The van der Waals surface area contributed by atoms with E-state index < -0.39 is 12.0 Å². The molecule has 0 aliphatic heterocycles. The number of pyridine rings is 1. The largest absolute Gasteiger partial charge is 0.464 e. The molecule has 2 aromatic rings. The van der Waals surface area contributed by atoms with Crippen LogP contribution in [0.1, 0.15) is 43.0 Å². The van der Waals surface area contributed by atoms with Crippen LogP contribution in [0.2, 0.25) is 0 Å². The third kappa shape index (κ3) is 8.13. The summed E-state index contributed by atoms with van der Waals surface area (Å²) < 4.78 is 5.09. The van der Waals surface area contributed by atoms with Gasteiger partial charge in [0.1, 0.15) is 6.04 Å². The molecule has 1 unspecified atom stereocenters. The van der Waals surface area contributed by atoms with Crippen molar-refractivity contribution in [2.75, 3.05) is 6.61 Å². The highest BCUT2D eigenvalue weighted by Gasteiger charge is 2.22. The fourth-order valence-corrected chi connectivity index (χ4v) is 2.90. The van der Waals surface area contributed by atoms with Gasteiger partial charge >= 0.3 is 5.97 Å². The lowest BCUT2D eigenvalue weighted by Crippen LogP contribution is -2.43. The predicted molar refractivity (Wildman–Crippen MR) is 112 cm³/mol. The van der Waals surface area contributed by atoms with Crippen molar-refractivity contribution >= 4 is 18.1 Å². The number of carbonyl (C=O) groups is 2. The van der Waals surface area contributed by atoms with E-state index in [0.717, 1.165) is 30.5 Å². The second-order valence-corrected chi connectivity index (χ2v) is 6.62. The van der Waals surface area contributed by atoms with E-state index in [1.54, 1.807) is 25.4 Å². The summed E-state index contributed by atoms with van der Waals surface area (Å²) in [5, 5.41) is 6.29. The zero-order chi connectivity index (χ0) is 20.9. The van der Waals surface area contributed by atoms with E-state index in [0.29, 0.717) is 12.8 Å². The zero-order valence-electron chi connectivity index (χ0n) is 16.7. The van der Waals surface area contributed by atoms with Gasteiger partial charge in [-0.05, 0) is 49.4 Å². The summed E-state index contributed by atoms with van der Waals surface area (Å²) >= 11 is 0. The molecule has 0 aliphatic rings. The van der Waals surface area contributed by atoms with Crippen LogP contribution in [-0.2, 0) is 27.2 Å². The third-order valence-electron chi connectivity index (χ3n) is 4.37. The van der Waals surface area contributed by atoms with Crippen LogP contribution in [-0.4, -0.2) is 35.7 Å². The molecule has 7 heteroatoms. The van der Waals surface area contributed by atoms with E-state index in [4.69, 9.17) is 10.6 Å². The Morgan fingerprint density at radius 3 is 2.66 bits per heavy atom. The van der Waals surface area contributed by atoms with E-state index in [9.17, 15) is 9.59 Å². The lowest BCUT2D eigenvalue weighted by Gasteiger charge is -2.17. The molecule has 3 N–H and O–H groups in total. The molecule has 1 atom stereocenters. The molecule has 2 rings (SSSR count). The maximum absolute atomic E-state index is 12.3. The quantitative estimate of drug-likeness (QED) is 0.199. The van der Waals surface area contributed by atoms with Crippen LogP contribution in [0.5, 0.6) is 0 Å². The van der Waals surface area contributed by atoms with Crippen LogP contribution in [0.15, 0.2) is 53.8 Å². The number of rotatable bonds is 11. The number of nitrogens with zero attached hydrogens (tertiary/aromatic N) is 2. The lowest BCUT2D eigenvalue weighted by molar-refractivity contribution is -0.147. The van der Waals surface area contributed by atoms with Gasteiger partial charge in [-0.15, -0.1) is 0 Å². The summed E-state index contributed by atoms with van der Waals surface area (Å²) in [5.74, 6) is 4.54. The first-order valence-electron chi connectivity index (χ1n) is 9.80. The van der Waals surface area contributed by atoms with Crippen molar-refractivity contribution in [2.24, 2.45) is 10.9 Å². The number of hydrogen-bond donors (Lipinski definition) is 2. The van der Waals surface area contributed by atoms with Gasteiger partial charge in [-0.25, -0.2) is 4.79 Å². The molecule has 0 saturated heterocycles. The lowest BCUT2D eigenvalue weighted by atomic mass is 10.0. The van der Waals surface area contributed by atoms with Crippen LogP contribution in [0.3, 0.4) is 0 Å². The van der Waals surface area contributed by atoms with Crippen LogP contribution in [0.25, 0.3) is 0 Å². The predicted octanol–water partition coefficient (Wildman–Crippen LogP) is 2.38. The first-order valence-corrected chi connectivity index (χ1v) is 9.80. The Balaban J connectivity index is 1.78. The molecule has 1 heterocycles. The molecule has 0 bridgehead atoms. The molecule has 0 fully saturated rings. The van der Waals surface area contributed by atoms with Crippen molar-refractivity contribution in [3.8, 4) is 0 Å². The number of nitrogens with two attached hydrogens (primary N) is 1. The maximum atomic E-state index is 12.3. The fraction of sp³-hybridized carbons (Fsp3) is 0.364. The van der Waals surface area contributed by atoms with E-state index in [2.05, 4.69) is 15.4 Å². The minimum absolute atomic E-state index is 0.159. The number of benzene rings is 1. The monoisotopic (exact) mass is 396 g/mol. The highest BCUT2D eigenvalue weighted by atomic mass is 16.5. The van der Waals surface area contributed by atoms with E-state index >= 15 is 0 Å². The van der Waals surface area contributed by atoms with Crippen molar-refractivity contribution in [2.45, 2.75) is 45.1 Å². The Morgan fingerprint density at radius 2 is 2.00 bits per heavy atom. The first kappa shape index (κ1) is 22.1. The Bertz CT molecular complexity index is 791. The van der Waals surface area contributed by atoms with Crippen molar-refractivity contribution in [1.29, 1.82) is 0 Å². The number of unbranched alkanes of at least 4 members (excludes halogenated alkanes) is 1. The maximum Gasteiger partial charge on any atom is 0.329 e. The minimum Gasteiger partial charge on any atom is -0.464 e. The molecule has 0 saturated carbocycles. The molecule has 0 radical (unpaired) electrons. The van der Waals surface area contributed by atoms with Crippen molar-refractivity contribution in [3.05, 3.63) is 65.5 Å². The summed E-state index contributed by atoms with van der Waals surface area (Å²) in [6, 6.07) is 12.7. The van der Waals surface area contributed by atoms with Crippen molar-refractivity contribution in [1.82, 2.24) is 10.3 Å². The van der Waals surface area contributed by atoms with Crippen LogP contribution >= 0.6 is 0 Å². The topological polar surface area (TPSA) is 107 Å². The minimum atomic E-state index is -0.728. The summed E-state index contributed by atoms with van der Waals surface area (Å²) in [4.78, 5) is 28.7. The molecule has 154 valence electrons. The van der Waals surface area contributed by atoms with Gasteiger partial charge in [0.2, 0.25) is 5.91 Å². The Kier molecular flexibility index (Phi) is 9.35. The second-order valence-electron chi connectivity index (χ2n) is 6.62. The number of ether oxygens (including phenoxy) is 1.